The Hall–Kier alpha value is -2.83. The van der Waals surface area contributed by atoms with Gasteiger partial charge in [-0.2, -0.15) is 0 Å². The van der Waals surface area contributed by atoms with E-state index >= 15 is 0 Å². The molecule has 0 unspecified atom stereocenters. The van der Waals surface area contributed by atoms with E-state index in [9.17, 15) is 14.4 Å². The van der Waals surface area contributed by atoms with Crippen LogP contribution in [-0.2, 0) is 20.7 Å². The lowest BCUT2D eigenvalue weighted by Crippen LogP contribution is -2.49. The van der Waals surface area contributed by atoms with E-state index in [-0.39, 0.29) is 30.3 Å². The summed E-state index contributed by atoms with van der Waals surface area (Å²) in [5, 5.41) is 8.54. The van der Waals surface area contributed by atoms with Crippen molar-refractivity contribution in [3.8, 4) is 0 Å². The smallest absolute Gasteiger partial charge is 0.407 e. The van der Waals surface area contributed by atoms with Crippen molar-refractivity contribution in [3.05, 3.63) is 42.5 Å². The maximum absolute atomic E-state index is 12.5. The Kier molecular flexibility index (Phi) is 7.20. The van der Waals surface area contributed by atoms with Gasteiger partial charge in [0.05, 0.1) is 12.5 Å². The lowest BCUT2D eigenvalue weighted by atomic mass is 10.1. The maximum atomic E-state index is 12.5. The minimum Gasteiger partial charge on any atom is -0.444 e. The summed E-state index contributed by atoms with van der Waals surface area (Å²) in [6.45, 7) is 8.85. The number of alkyl carbamates (subject to hydrolysis) is 1. The Labute approximate surface area is 165 Å². The van der Waals surface area contributed by atoms with Crippen LogP contribution in [0.5, 0.6) is 0 Å². The zero-order chi connectivity index (χ0) is 20.7. The van der Waals surface area contributed by atoms with E-state index in [4.69, 9.17) is 4.74 Å². The monoisotopic (exact) mass is 387 g/mol. The molecule has 1 aromatic carbocycles. The van der Waals surface area contributed by atoms with Gasteiger partial charge in [0, 0.05) is 11.7 Å². The second-order valence-electron chi connectivity index (χ2n) is 7.93. The van der Waals surface area contributed by atoms with Crippen molar-refractivity contribution in [1.82, 2.24) is 10.6 Å². The predicted molar refractivity (Wildman–Crippen MR) is 108 cm³/mol. The molecule has 152 valence electrons. The summed E-state index contributed by atoms with van der Waals surface area (Å²) in [6.07, 6.45) is 3.44. The third-order valence-corrected chi connectivity index (χ3v) is 4.31. The SMILES string of the molecule is C=CC(=O)Nc1cccc(CC(=O)N[C@@H]2CCC[C@H]2NC(=O)OC(C)(C)C)c1. The van der Waals surface area contributed by atoms with Gasteiger partial charge in [0.15, 0.2) is 0 Å². The highest BCUT2D eigenvalue weighted by Crippen LogP contribution is 2.20. The van der Waals surface area contributed by atoms with Gasteiger partial charge >= 0.3 is 6.09 Å². The molecule has 28 heavy (non-hydrogen) atoms. The quantitative estimate of drug-likeness (QED) is 0.654. The van der Waals surface area contributed by atoms with Crippen LogP contribution in [0.25, 0.3) is 0 Å². The summed E-state index contributed by atoms with van der Waals surface area (Å²) in [6, 6.07) is 6.85. The largest absolute Gasteiger partial charge is 0.444 e. The number of carbonyl (C=O) groups is 3. The number of benzene rings is 1. The van der Waals surface area contributed by atoms with E-state index in [1.54, 1.807) is 18.2 Å². The zero-order valence-electron chi connectivity index (χ0n) is 16.7. The van der Waals surface area contributed by atoms with Crippen LogP contribution in [0.1, 0.15) is 45.6 Å². The first-order chi connectivity index (χ1) is 13.2. The van der Waals surface area contributed by atoms with E-state index < -0.39 is 11.7 Å². The first kappa shape index (κ1) is 21.5. The third kappa shape index (κ3) is 7.06. The van der Waals surface area contributed by atoms with Crippen molar-refractivity contribution < 1.29 is 19.1 Å². The van der Waals surface area contributed by atoms with E-state index in [1.807, 2.05) is 26.8 Å². The molecule has 0 aliphatic heterocycles. The fraction of sp³-hybridized carbons (Fsp3) is 0.476. The number of ether oxygens (including phenoxy) is 1. The summed E-state index contributed by atoms with van der Waals surface area (Å²) < 4.78 is 5.30. The fourth-order valence-electron chi connectivity index (χ4n) is 3.16. The van der Waals surface area contributed by atoms with Gasteiger partial charge in [-0.3, -0.25) is 9.59 Å². The van der Waals surface area contributed by atoms with Gasteiger partial charge in [-0.15, -0.1) is 0 Å². The van der Waals surface area contributed by atoms with E-state index in [1.165, 1.54) is 6.08 Å². The topological polar surface area (TPSA) is 96.5 Å². The standard InChI is InChI=1S/C21H29N3O4/c1-5-18(25)22-15-9-6-8-14(12-15)13-19(26)23-16-10-7-11-17(16)24-20(27)28-21(2,3)4/h5-6,8-9,12,16-17H,1,7,10-11,13H2,2-4H3,(H,22,25)(H,23,26)(H,24,27)/t16-,17-/m1/s1. The van der Waals surface area contributed by atoms with E-state index in [0.717, 1.165) is 24.8 Å². The molecule has 2 rings (SSSR count). The number of anilines is 1. The number of amides is 3. The summed E-state index contributed by atoms with van der Waals surface area (Å²) in [4.78, 5) is 35.9. The molecule has 0 aromatic heterocycles. The normalized spacial score (nSPS) is 18.8. The van der Waals surface area contributed by atoms with Crippen molar-refractivity contribution >= 4 is 23.6 Å². The van der Waals surface area contributed by atoms with Gasteiger partial charge in [-0.05, 0) is 63.8 Å². The van der Waals surface area contributed by atoms with Crippen molar-refractivity contribution in [2.45, 2.75) is 64.1 Å². The molecule has 1 fully saturated rings. The first-order valence-corrected chi connectivity index (χ1v) is 9.47. The minimum atomic E-state index is -0.562. The second kappa shape index (κ2) is 9.39. The maximum Gasteiger partial charge on any atom is 0.407 e. The van der Waals surface area contributed by atoms with Gasteiger partial charge in [0.25, 0.3) is 0 Å². The Morgan fingerprint density at radius 3 is 2.50 bits per heavy atom. The van der Waals surface area contributed by atoms with E-state index in [0.29, 0.717) is 5.69 Å². The van der Waals surface area contributed by atoms with Crippen molar-refractivity contribution in [2.24, 2.45) is 0 Å². The summed E-state index contributed by atoms with van der Waals surface area (Å²) in [5.74, 6) is -0.432. The highest BCUT2D eigenvalue weighted by Gasteiger charge is 2.31. The van der Waals surface area contributed by atoms with Gasteiger partial charge in [0.1, 0.15) is 5.60 Å². The van der Waals surface area contributed by atoms with Crippen molar-refractivity contribution in [2.75, 3.05) is 5.32 Å². The van der Waals surface area contributed by atoms with Crippen LogP contribution in [0, 0.1) is 0 Å². The average Bonchev–Trinajstić information content (AvgIpc) is 2.99. The molecule has 0 spiro atoms. The molecule has 3 N–H and O–H groups in total. The fourth-order valence-corrected chi connectivity index (χ4v) is 3.16. The molecule has 2 atom stereocenters. The van der Waals surface area contributed by atoms with Gasteiger partial charge in [-0.1, -0.05) is 18.7 Å². The Bertz CT molecular complexity index is 739. The molecule has 0 heterocycles. The van der Waals surface area contributed by atoms with E-state index in [2.05, 4.69) is 22.5 Å². The molecular weight excluding hydrogens is 358 g/mol. The second-order valence-corrected chi connectivity index (χ2v) is 7.93. The predicted octanol–water partition coefficient (Wildman–Crippen LogP) is 2.92. The Morgan fingerprint density at radius 2 is 1.86 bits per heavy atom. The molecule has 1 aliphatic rings. The molecule has 7 heteroatoms. The number of nitrogens with one attached hydrogen (secondary N) is 3. The highest BCUT2D eigenvalue weighted by atomic mass is 16.6. The zero-order valence-corrected chi connectivity index (χ0v) is 16.7. The number of hydrogen-bond acceptors (Lipinski definition) is 4. The molecule has 0 radical (unpaired) electrons. The van der Waals surface area contributed by atoms with Crippen LogP contribution in [0.2, 0.25) is 0 Å². The molecule has 0 saturated heterocycles. The third-order valence-electron chi connectivity index (χ3n) is 4.31. The Morgan fingerprint density at radius 1 is 1.18 bits per heavy atom. The van der Waals surface area contributed by atoms with Crippen LogP contribution in [0.3, 0.4) is 0 Å². The molecule has 1 aromatic rings. The van der Waals surface area contributed by atoms with Crippen molar-refractivity contribution in [3.63, 3.8) is 0 Å². The minimum absolute atomic E-state index is 0.122. The summed E-state index contributed by atoms with van der Waals surface area (Å²) >= 11 is 0. The lowest BCUT2D eigenvalue weighted by molar-refractivity contribution is -0.121. The molecule has 7 nitrogen and oxygen atoms in total. The van der Waals surface area contributed by atoms with Crippen LogP contribution in [0.15, 0.2) is 36.9 Å². The molecule has 0 bridgehead atoms. The van der Waals surface area contributed by atoms with Gasteiger partial charge in [-0.25, -0.2) is 4.79 Å². The highest BCUT2D eigenvalue weighted by molar-refractivity contribution is 5.98. The molecule has 1 aliphatic carbocycles. The van der Waals surface area contributed by atoms with Crippen LogP contribution in [0.4, 0.5) is 10.5 Å². The number of rotatable bonds is 6. The van der Waals surface area contributed by atoms with Gasteiger partial charge < -0.3 is 20.7 Å². The van der Waals surface area contributed by atoms with Crippen LogP contribution < -0.4 is 16.0 Å². The van der Waals surface area contributed by atoms with Crippen molar-refractivity contribution in [1.29, 1.82) is 0 Å². The van der Waals surface area contributed by atoms with Crippen LogP contribution in [-0.4, -0.2) is 35.6 Å². The molecule has 1 saturated carbocycles. The molecule has 3 amide bonds. The lowest BCUT2D eigenvalue weighted by Gasteiger charge is -2.25. The number of carbonyl (C=O) groups excluding carboxylic acids is 3. The molecular formula is C21H29N3O4. The summed E-state index contributed by atoms with van der Waals surface area (Å²) in [5.41, 5.74) is 0.836. The average molecular weight is 387 g/mol. The number of hydrogen-bond donors (Lipinski definition) is 3. The Balaban J connectivity index is 1.89. The first-order valence-electron chi connectivity index (χ1n) is 9.47. The van der Waals surface area contributed by atoms with Crippen LogP contribution >= 0.6 is 0 Å². The summed E-state index contributed by atoms with van der Waals surface area (Å²) in [7, 11) is 0. The van der Waals surface area contributed by atoms with Gasteiger partial charge in [0.2, 0.25) is 11.8 Å².